The zero-order valence-electron chi connectivity index (χ0n) is 3.75. The molecule has 0 rings (SSSR count). The molecule has 0 unspecified atom stereocenters. The van der Waals surface area contributed by atoms with Crippen LogP contribution >= 0.6 is 0 Å². The molecule has 1 amide bonds. The van der Waals surface area contributed by atoms with Gasteiger partial charge in [-0.15, -0.1) is 0 Å². The number of hydrogen-bond donors (Lipinski definition) is 3. The van der Waals surface area contributed by atoms with Gasteiger partial charge >= 0.3 is 12.2 Å². The summed E-state index contributed by atoms with van der Waals surface area (Å²) in [5, 5.41) is 7.49. The molecule has 0 spiro atoms. The van der Waals surface area contributed by atoms with Gasteiger partial charge in [-0.25, -0.2) is 10.6 Å². The average molecular weight is 120 g/mol. The van der Waals surface area contributed by atoms with E-state index >= 15 is 0 Å². The van der Waals surface area contributed by atoms with Crippen LogP contribution in [0.5, 0.6) is 0 Å². The van der Waals surface area contributed by atoms with Crippen molar-refractivity contribution in [2.75, 3.05) is 0 Å². The van der Waals surface area contributed by atoms with E-state index in [-0.39, 0.29) is 6.15 Å². The third-order valence-corrected chi connectivity index (χ3v) is 0.123. The molecule has 0 heterocycles. The quantitative estimate of drug-likeness (QED) is 0.205. The lowest BCUT2D eigenvalue weighted by atomic mass is 11.3. The predicted octanol–water partition coefficient (Wildman–Crippen LogP) is -1.46. The van der Waals surface area contributed by atoms with Crippen molar-refractivity contribution < 1.29 is 19.5 Å². The molecule has 0 aromatic heterocycles. The van der Waals surface area contributed by atoms with Crippen LogP contribution < -0.4 is 11.3 Å². The number of hydrazine groups is 1. The van der Waals surface area contributed by atoms with Crippen LogP contribution in [-0.2, 0) is 9.59 Å². The molecular weight excluding hydrogens is 116 g/mol. The third kappa shape index (κ3) is 161. The van der Waals surface area contributed by atoms with E-state index in [1.165, 1.54) is 5.43 Å². The molecule has 0 saturated heterocycles. The Balaban J connectivity index is 0. The van der Waals surface area contributed by atoms with Gasteiger partial charge in [-0.2, -0.15) is 9.59 Å². The second kappa shape index (κ2) is 9.15. The SMILES string of the molecule is NNC(=O)O.O=C=O. The number of rotatable bonds is 0. The molecule has 0 aromatic rings. The first-order valence-electron chi connectivity index (χ1n) is 1.37. The Kier molecular flexibility index (Phi) is 11.2. The van der Waals surface area contributed by atoms with E-state index in [1.54, 1.807) is 0 Å². The van der Waals surface area contributed by atoms with Gasteiger partial charge in [0.1, 0.15) is 0 Å². The number of carbonyl (C=O) groups excluding carboxylic acids is 2. The molecule has 4 N–H and O–H groups in total. The number of amides is 1. The Morgan fingerprint density at radius 2 is 1.75 bits per heavy atom. The van der Waals surface area contributed by atoms with Gasteiger partial charge in [0, 0.05) is 0 Å². The van der Waals surface area contributed by atoms with Gasteiger partial charge in [-0.05, 0) is 0 Å². The van der Waals surface area contributed by atoms with E-state index in [9.17, 15) is 0 Å². The second-order valence-corrected chi connectivity index (χ2v) is 0.533. The van der Waals surface area contributed by atoms with Crippen LogP contribution in [0, 0.1) is 0 Å². The molecule has 6 nitrogen and oxygen atoms in total. The second-order valence-electron chi connectivity index (χ2n) is 0.533. The summed E-state index contributed by atoms with van der Waals surface area (Å²) < 4.78 is 0. The lowest BCUT2D eigenvalue weighted by Gasteiger charge is -1.79. The van der Waals surface area contributed by atoms with Crippen LogP contribution in [0.3, 0.4) is 0 Å². The molecule has 0 aliphatic carbocycles. The van der Waals surface area contributed by atoms with Gasteiger partial charge in [0.2, 0.25) is 0 Å². The monoisotopic (exact) mass is 120 g/mol. The Morgan fingerprint density at radius 3 is 1.75 bits per heavy atom. The van der Waals surface area contributed by atoms with Crippen LogP contribution in [0.2, 0.25) is 0 Å². The number of carbonyl (C=O) groups is 1. The zero-order chi connectivity index (χ0) is 6.99. The molecule has 6 heteroatoms. The minimum absolute atomic E-state index is 0.250. The molecule has 0 saturated carbocycles. The van der Waals surface area contributed by atoms with E-state index in [0.717, 1.165) is 0 Å². The fraction of sp³-hybridized carbons (Fsp3) is 0. The molecule has 0 radical (unpaired) electrons. The van der Waals surface area contributed by atoms with Gasteiger partial charge in [0.05, 0.1) is 0 Å². The fourth-order valence-corrected chi connectivity index (χ4v) is 0. The van der Waals surface area contributed by atoms with Crippen molar-refractivity contribution in [3.05, 3.63) is 0 Å². The van der Waals surface area contributed by atoms with Crippen LogP contribution in [0.1, 0.15) is 0 Å². The molecule has 0 bridgehead atoms. The van der Waals surface area contributed by atoms with E-state index in [1.807, 2.05) is 0 Å². The molecule has 0 aliphatic heterocycles. The topological polar surface area (TPSA) is 109 Å². The smallest absolute Gasteiger partial charge is 0.418 e. The number of nitrogens with two attached hydrogens (primary N) is 1. The van der Waals surface area contributed by atoms with Crippen molar-refractivity contribution in [1.29, 1.82) is 0 Å². The van der Waals surface area contributed by atoms with Gasteiger partial charge in [-0.1, -0.05) is 0 Å². The first-order chi connectivity index (χ1) is 3.68. The van der Waals surface area contributed by atoms with Gasteiger partial charge in [0.15, 0.2) is 0 Å². The Bertz CT molecular complexity index is 94.2. The first kappa shape index (κ1) is 9.79. The maximum atomic E-state index is 9.13. The largest absolute Gasteiger partial charge is 0.464 e. The number of nitrogens with one attached hydrogen (secondary N) is 1. The first-order valence-corrected chi connectivity index (χ1v) is 1.37. The lowest BCUT2D eigenvalue weighted by molar-refractivity contribution is -0.191. The average Bonchev–Trinajstić information content (AvgIpc) is 1.69. The summed E-state index contributed by atoms with van der Waals surface area (Å²) in [5.74, 6) is 4.32. The molecule has 46 valence electrons. The normalized spacial score (nSPS) is 5.12. The predicted molar refractivity (Wildman–Crippen MR) is 20.4 cm³/mol. The summed E-state index contributed by atoms with van der Waals surface area (Å²) in [4.78, 5) is 25.4. The summed E-state index contributed by atoms with van der Waals surface area (Å²) in [7, 11) is 0. The van der Waals surface area contributed by atoms with Crippen molar-refractivity contribution in [3.8, 4) is 0 Å². The summed E-state index contributed by atoms with van der Waals surface area (Å²) in [6, 6.07) is 0. The summed E-state index contributed by atoms with van der Waals surface area (Å²) in [6.07, 6.45) is -0.968. The third-order valence-electron chi connectivity index (χ3n) is 0.123. The van der Waals surface area contributed by atoms with Crippen LogP contribution in [-0.4, -0.2) is 17.4 Å². The zero-order valence-corrected chi connectivity index (χ0v) is 3.75. The standard InChI is InChI=1S/CH4N2O2.CO2/c2-3-1(4)5;2-1-3/h3H,2H2,(H,4,5);. The van der Waals surface area contributed by atoms with Gasteiger partial charge in [-0.3, -0.25) is 5.43 Å². The Hall–Kier alpha value is -1.39. The van der Waals surface area contributed by atoms with Crippen molar-refractivity contribution in [2.24, 2.45) is 5.84 Å². The Morgan fingerprint density at radius 1 is 1.62 bits per heavy atom. The number of carboxylic acid groups (broad SMARTS) is 1. The molecule has 0 atom stereocenters. The van der Waals surface area contributed by atoms with Crippen molar-refractivity contribution >= 4 is 12.2 Å². The maximum Gasteiger partial charge on any atom is 0.418 e. The van der Waals surface area contributed by atoms with E-state index in [0.29, 0.717) is 0 Å². The highest BCUT2D eigenvalue weighted by Gasteiger charge is 1.77. The Labute approximate surface area is 44.2 Å². The van der Waals surface area contributed by atoms with Crippen molar-refractivity contribution in [2.45, 2.75) is 0 Å². The summed E-state index contributed by atoms with van der Waals surface area (Å²) in [5.41, 5.74) is 1.44. The molecule has 8 heavy (non-hydrogen) atoms. The molecular formula is C2H4N2O4. The minimum atomic E-state index is -1.22. The van der Waals surface area contributed by atoms with Crippen LogP contribution in [0.15, 0.2) is 0 Å². The van der Waals surface area contributed by atoms with E-state index in [2.05, 4.69) is 5.84 Å². The van der Waals surface area contributed by atoms with Crippen molar-refractivity contribution in [3.63, 3.8) is 0 Å². The van der Waals surface area contributed by atoms with Crippen molar-refractivity contribution in [1.82, 2.24) is 5.43 Å². The minimum Gasteiger partial charge on any atom is -0.464 e. The highest BCUT2D eigenvalue weighted by molar-refractivity contribution is 5.63. The van der Waals surface area contributed by atoms with E-state index in [4.69, 9.17) is 19.5 Å². The highest BCUT2D eigenvalue weighted by atomic mass is 16.4. The fourth-order valence-electron chi connectivity index (χ4n) is 0. The van der Waals surface area contributed by atoms with Gasteiger partial charge < -0.3 is 5.11 Å². The molecule has 0 aliphatic rings. The molecule has 0 aromatic carbocycles. The highest BCUT2D eigenvalue weighted by Crippen LogP contribution is 1.42. The number of hydrogen-bond acceptors (Lipinski definition) is 4. The van der Waals surface area contributed by atoms with E-state index < -0.39 is 6.09 Å². The summed E-state index contributed by atoms with van der Waals surface area (Å²) in [6.45, 7) is 0. The lowest BCUT2D eigenvalue weighted by Crippen LogP contribution is -2.27. The van der Waals surface area contributed by atoms with Crippen LogP contribution in [0.25, 0.3) is 0 Å². The molecule has 0 fully saturated rings. The van der Waals surface area contributed by atoms with Gasteiger partial charge in [0.25, 0.3) is 0 Å². The summed E-state index contributed by atoms with van der Waals surface area (Å²) >= 11 is 0. The maximum absolute atomic E-state index is 9.13. The van der Waals surface area contributed by atoms with Crippen LogP contribution in [0.4, 0.5) is 4.79 Å².